The average molecular weight is 233 g/mol. The predicted octanol–water partition coefficient (Wildman–Crippen LogP) is 3.16. The van der Waals surface area contributed by atoms with Gasteiger partial charge in [0.25, 0.3) is 0 Å². The van der Waals surface area contributed by atoms with Gasteiger partial charge >= 0.3 is 0 Å². The van der Waals surface area contributed by atoms with Crippen LogP contribution >= 0.6 is 0 Å². The Morgan fingerprint density at radius 2 is 1.94 bits per heavy atom. The Hall–Kier alpha value is -1.02. The van der Waals surface area contributed by atoms with Gasteiger partial charge in [0.2, 0.25) is 0 Å². The number of unbranched alkanes of at least 4 members (excludes halogenated alkanes) is 1. The number of aryl methyl sites for hydroxylation is 1. The Kier molecular flexibility index (Phi) is 4.06. The Labute approximate surface area is 104 Å². The molecule has 2 rings (SSSR count). The second-order valence-corrected chi connectivity index (χ2v) is 5.06. The van der Waals surface area contributed by atoms with Crippen LogP contribution in [0.25, 0.3) is 0 Å². The first kappa shape index (κ1) is 12.4. The summed E-state index contributed by atoms with van der Waals surface area (Å²) < 4.78 is 6.05. The molecule has 0 saturated heterocycles. The monoisotopic (exact) mass is 233 g/mol. The lowest BCUT2D eigenvalue weighted by Crippen LogP contribution is -2.31. The lowest BCUT2D eigenvalue weighted by Gasteiger charge is -2.17. The van der Waals surface area contributed by atoms with E-state index < -0.39 is 0 Å². The van der Waals surface area contributed by atoms with Crippen LogP contribution in [-0.4, -0.2) is 19.2 Å². The van der Waals surface area contributed by atoms with Gasteiger partial charge in [-0.2, -0.15) is 0 Å². The van der Waals surface area contributed by atoms with Crippen molar-refractivity contribution in [1.82, 2.24) is 5.32 Å². The minimum Gasteiger partial charge on any atom is -0.486 e. The lowest BCUT2D eigenvalue weighted by atomic mass is 10.1. The fourth-order valence-corrected chi connectivity index (χ4v) is 2.13. The van der Waals surface area contributed by atoms with Gasteiger partial charge in [-0.25, -0.2) is 0 Å². The van der Waals surface area contributed by atoms with E-state index in [0.29, 0.717) is 0 Å². The zero-order valence-electron chi connectivity index (χ0n) is 11.0. The van der Waals surface area contributed by atoms with Crippen molar-refractivity contribution < 1.29 is 4.74 Å². The molecule has 1 N–H and O–H groups in total. The molecule has 1 fully saturated rings. The van der Waals surface area contributed by atoms with Crippen molar-refractivity contribution in [2.24, 2.45) is 0 Å². The van der Waals surface area contributed by atoms with Crippen LogP contribution in [0.1, 0.15) is 38.2 Å². The van der Waals surface area contributed by atoms with Crippen molar-refractivity contribution in [3.05, 3.63) is 29.8 Å². The maximum absolute atomic E-state index is 6.05. The highest BCUT2D eigenvalue weighted by molar-refractivity contribution is 5.28. The zero-order chi connectivity index (χ0) is 12.1. The van der Waals surface area contributed by atoms with Gasteiger partial charge in [-0.1, -0.05) is 25.5 Å². The first-order chi connectivity index (χ1) is 8.28. The molecule has 2 nitrogen and oxygen atoms in total. The number of hydrogen-bond donors (Lipinski definition) is 1. The van der Waals surface area contributed by atoms with Crippen molar-refractivity contribution >= 4 is 0 Å². The largest absolute Gasteiger partial charge is 0.486 e. The second-order valence-electron chi connectivity index (χ2n) is 5.06. The summed E-state index contributed by atoms with van der Waals surface area (Å²) in [6.45, 7) is 3.18. The highest BCUT2D eigenvalue weighted by atomic mass is 16.5. The van der Waals surface area contributed by atoms with Gasteiger partial charge < -0.3 is 10.1 Å². The van der Waals surface area contributed by atoms with Crippen LogP contribution in [-0.2, 0) is 6.42 Å². The van der Waals surface area contributed by atoms with E-state index in [9.17, 15) is 0 Å². The van der Waals surface area contributed by atoms with Crippen LogP contribution in [0.2, 0.25) is 0 Å². The SMILES string of the molecule is CCCCc1ccc(OC2(CNC)CC2)cc1. The topological polar surface area (TPSA) is 21.3 Å². The van der Waals surface area contributed by atoms with Gasteiger partial charge in [0.15, 0.2) is 0 Å². The first-order valence-electron chi connectivity index (χ1n) is 6.70. The Morgan fingerprint density at radius 3 is 2.47 bits per heavy atom. The highest BCUT2D eigenvalue weighted by Gasteiger charge is 2.44. The number of ether oxygens (including phenoxy) is 1. The molecule has 1 aromatic rings. The molecule has 0 aliphatic heterocycles. The number of nitrogens with one attached hydrogen (secondary N) is 1. The summed E-state index contributed by atoms with van der Waals surface area (Å²) in [6, 6.07) is 8.61. The fraction of sp³-hybridized carbons (Fsp3) is 0.600. The molecule has 0 unspecified atom stereocenters. The van der Waals surface area contributed by atoms with E-state index in [1.807, 2.05) is 7.05 Å². The Morgan fingerprint density at radius 1 is 1.24 bits per heavy atom. The molecule has 1 aromatic carbocycles. The highest BCUT2D eigenvalue weighted by Crippen LogP contribution is 2.39. The molecule has 1 saturated carbocycles. The summed E-state index contributed by atoms with van der Waals surface area (Å²) in [7, 11) is 1.98. The van der Waals surface area contributed by atoms with Crippen LogP contribution in [0, 0.1) is 0 Å². The van der Waals surface area contributed by atoms with Gasteiger partial charge in [-0.3, -0.25) is 0 Å². The minimum atomic E-state index is 0.0830. The van der Waals surface area contributed by atoms with Crippen molar-refractivity contribution in [3.63, 3.8) is 0 Å². The van der Waals surface area contributed by atoms with Crippen LogP contribution in [0.3, 0.4) is 0 Å². The Balaban J connectivity index is 1.89. The Bertz CT molecular complexity index is 340. The van der Waals surface area contributed by atoms with Crippen LogP contribution in [0.4, 0.5) is 0 Å². The van der Waals surface area contributed by atoms with Crippen molar-refractivity contribution in [2.75, 3.05) is 13.6 Å². The number of benzene rings is 1. The molecule has 2 heteroatoms. The van der Waals surface area contributed by atoms with E-state index in [1.54, 1.807) is 0 Å². The first-order valence-corrected chi connectivity index (χ1v) is 6.70. The van der Waals surface area contributed by atoms with Gasteiger partial charge in [0, 0.05) is 6.54 Å². The summed E-state index contributed by atoms with van der Waals surface area (Å²) in [4.78, 5) is 0. The number of rotatable bonds is 7. The maximum atomic E-state index is 6.05. The van der Waals surface area contributed by atoms with Gasteiger partial charge in [0.1, 0.15) is 11.4 Å². The van der Waals surface area contributed by atoms with E-state index in [-0.39, 0.29) is 5.60 Å². The molecule has 17 heavy (non-hydrogen) atoms. The van der Waals surface area contributed by atoms with Crippen LogP contribution in [0.15, 0.2) is 24.3 Å². The average Bonchev–Trinajstić information content (AvgIpc) is 3.09. The van der Waals surface area contributed by atoms with E-state index in [0.717, 1.165) is 12.3 Å². The quantitative estimate of drug-likeness (QED) is 0.781. The van der Waals surface area contributed by atoms with Gasteiger partial charge in [-0.15, -0.1) is 0 Å². The van der Waals surface area contributed by atoms with E-state index in [2.05, 4.69) is 36.5 Å². The predicted molar refractivity (Wildman–Crippen MR) is 71.6 cm³/mol. The van der Waals surface area contributed by atoms with Gasteiger partial charge in [-0.05, 0) is 50.4 Å². The molecular formula is C15H23NO. The molecule has 0 heterocycles. The van der Waals surface area contributed by atoms with E-state index in [1.165, 1.54) is 37.7 Å². The summed E-state index contributed by atoms with van der Waals surface area (Å²) in [5, 5.41) is 3.21. The van der Waals surface area contributed by atoms with E-state index >= 15 is 0 Å². The summed E-state index contributed by atoms with van der Waals surface area (Å²) in [6.07, 6.45) is 6.04. The molecule has 0 radical (unpaired) electrons. The lowest BCUT2D eigenvalue weighted by molar-refractivity contribution is 0.178. The van der Waals surface area contributed by atoms with Gasteiger partial charge in [0.05, 0.1) is 0 Å². The molecule has 1 aliphatic carbocycles. The standard InChI is InChI=1S/C15H23NO/c1-3-4-5-13-6-8-14(9-7-13)17-15(10-11-15)12-16-2/h6-9,16H,3-5,10-12H2,1-2H3. The third-order valence-electron chi connectivity index (χ3n) is 3.38. The number of likely N-dealkylation sites (N-methyl/N-ethyl adjacent to an activating group) is 1. The van der Waals surface area contributed by atoms with Crippen LogP contribution in [0.5, 0.6) is 5.75 Å². The molecule has 0 bridgehead atoms. The molecular weight excluding hydrogens is 210 g/mol. The molecule has 94 valence electrons. The summed E-state index contributed by atoms with van der Waals surface area (Å²) in [5.41, 5.74) is 1.50. The zero-order valence-corrected chi connectivity index (χ0v) is 11.0. The van der Waals surface area contributed by atoms with Crippen LogP contribution < -0.4 is 10.1 Å². The van der Waals surface area contributed by atoms with Crippen molar-refractivity contribution in [1.29, 1.82) is 0 Å². The number of hydrogen-bond acceptors (Lipinski definition) is 2. The fourth-order valence-electron chi connectivity index (χ4n) is 2.13. The van der Waals surface area contributed by atoms with Crippen molar-refractivity contribution in [3.8, 4) is 5.75 Å². The minimum absolute atomic E-state index is 0.0830. The maximum Gasteiger partial charge on any atom is 0.122 e. The molecule has 1 aliphatic rings. The third kappa shape index (κ3) is 3.47. The molecule has 0 spiro atoms. The van der Waals surface area contributed by atoms with E-state index in [4.69, 9.17) is 4.74 Å². The summed E-state index contributed by atoms with van der Waals surface area (Å²) in [5.74, 6) is 1.01. The smallest absolute Gasteiger partial charge is 0.122 e. The molecule has 0 aromatic heterocycles. The summed E-state index contributed by atoms with van der Waals surface area (Å²) >= 11 is 0. The normalized spacial score (nSPS) is 16.8. The molecule has 0 amide bonds. The molecule has 0 atom stereocenters. The second kappa shape index (κ2) is 5.54. The van der Waals surface area contributed by atoms with Crippen molar-refractivity contribution in [2.45, 2.75) is 44.6 Å². The third-order valence-corrected chi connectivity index (χ3v) is 3.38.